The highest BCUT2D eigenvalue weighted by molar-refractivity contribution is 5.55. The normalized spacial score (nSPS) is 11.0. The molecule has 0 bridgehead atoms. The first-order valence-electron chi connectivity index (χ1n) is 9.10. The van der Waals surface area contributed by atoms with Gasteiger partial charge in [0.1, 0.15) is 11.5 Å². The Morgan fingerprint density at radius 3 is 2.50 bits per heavy atom. The summed E-state index contributed by atoms with van der Waals surface area (Å²) in [7, 11) is 1.83. The number of tetrazole rings is 1. The van der Waals surface area contributed by atoms with Crippen LogP contribution in [0.5, 0.6) is 5.75 Å². The molecule has 0 atom stereocenters. The summed E-state index contributed by atoms with van der Waals surface area (Å²) in [6, 6.07) is 9.89. The molecule has 0 unspecified atom stereocenters. The van der Waals surface area contributed by atoms with Crippen molar-refractivity contribution in [2.75, 3.05) is 6.61 Å². The number of hydrogen-bond acceptors (Lipinski definition) is 6. The highest BCUT2D eigenvalue weighted by Gasteiger charge is 2.05. The van der Waals surface area contributed by atoms with E-state index >= 15 is 0 Å². The second kappa shape index (κ2) is 9.12. The van der Waals surface area contributed by atoms with Crippen molar-refractivity contribution in [3.8, 4) is 17.1 Å². The second-order valence-electron chi connectivity index (χ2n) is 6.45. The van der Waals surface area contributed by atoms with Crippen molar-refractivity contribution in [3.63, 3.8) is 0 Å². The molecule has 138 valence electrons. The van der Waals surface area contributed by atoms with Gasteiger partial charge in [-0.05, 0) is 54.5 Å². The standard InChI is InChI=1S/C19H25N5O2/c1-15-14-18(26-21-15)8-6-4-3-5-7-13-25-17-11-9-16(10-12-17)19-20-22-23-24(19)2/h9-12,14H,3-8,13H2,1-2H3. The summed E-state index contributed by atoms with van der Waals surface area (Å²) in [5.74, 6) is 2.62. The number of nitrogens with zero attached hydrogens (tertiary/aromatic N) is 5. The summed E-state index contributed by atoms with van der Waals surface area (Å²) in [6.07, 6.45) is 6.79. The van der Waals surface area contributed by atoms with Crippen molar-refractivity contribution in [1.82, 2.24) is 25.4 Å². The maximum atomic E-state index is 5.81. The molecule has 0 radical (unpaired) electrons. The maximum absolute atomic E-state index is 5.81. The minimum Gasteiger partial charge on any atom is -0.494 e. The van der Waals surface area contributed by atoms with Gasteiger partial charge in [-0.3, -0.25) is 0 Å². The summed E-state index contributed by atoms with van der Waals surface area (Å²) < 4.78 is 12.7. The van der Waals surface area contributed by atoms with Crippen LogP contribution in [-0.2, 0) is 13.5 Å². The van der Waals surface area contributed by atoms with Gasteiger partial charge in [0.2, 0.25) is 0 Å². The van der Waals surface area contributed by atoms with E-state index in [-0.39, 0.29) is 0 Å². The highest BCUT2D eigenvalue weighted by atomic mass is 16.5. The summed E-state index contributed by atoms with van der Waals surface area (Å²) in [6.45, 7) is 2.69. The monoisotopic (exact) mass is 355 g/mol. The van der Waals surface area contributed by atoms with Gasteiger partial charge < -0.3 is 9.26 Å². The van der Waals surface area contributed by atoms with E-state index in [0.29, 0.717) is 0 Å². The predicted molar refractivity (Wildman–Crippen MR) is 97.8 cm³/mol. The Morgan fingerprint density at radius 1 is 1.04 bits per heavy atom. The van der Waals surface area contributed by atoms with Crippen LogP contribution in [0.1, 0.15) is 43.6 Å². The van der Waals surface area contributed by atoms with E-state index in [1.54, 1.807) is 4.68 Å². The molecule has 2 aromatic heterocycles. The van der Waals surface area contributed by atoms with E-state index in [2.05, 4.69) is 20.7 Å². The molecule has 0 amide bonds. The molecule has 0 saturated heterocycles. The molecule has 2 heterocycles. The fourth-order valence-electron chi connectivity index (χ4n) is 2.83. The predicted octanol–water partition coefficient (Wildman–Crippen LogP) is 3.75. The topological polar surface area (TPSA) is 78.9 Å². The molecular weight excluding hydrogens is 330 g/mol. The Hall–Kier alpha value is -2.70. The summed E-state index contributed by atoms with van der Waals surface area (Å²) in [5.41, 5.74) is 1.94. The van der Waals surface area contributed by atoms with Gasteiger partial charge in [-0.2, -0.15) is 0 Å². The number of aryl methyl sites for hydroxylation is 3. The van der Waals surface area contributed by atoms with Crippen LogP contribution >= 0.6 is 0 Å². The van der Waals surface area contributed by atoms with Crippen LogP contribution < -0.4 is 4.74 Å². The summed E-state index contributed by atoms with van der Waals surface area (Å²) >= 11 is 0. The molecule has 0 aliphatic rings. The Bertz CT molecular complexity index is 794. The summed E-state index contributed by atoms with van der Waals surface area (Å²) in [4.78, 5) is 0. The minimum absolute atomic E-state index is 0.742. The van der Waals surface area contributed by atoms with Crippen molar-refractivity contribution >= 4 is 0 Å². The first kappa shape index (κ1) is 18.1. The van der Waals surface area contributed by atoms with E-state index < -0.39 is 0 Å². The van der Waals surface area contributed by atoms with Crippen molar-refractivity contribution < 1.29 is 9.26 Å². The molecule has 26 heavy (non-hydrogen) atoms. The fraction of sp³-hybridized carbons (Fsp3) is 0.474. The van der Waals surface area contributed by atoms with E-state index in [1.165, 1.54) is 19.3 Å². The molecule has 0 saturated carbocycles. The third-order valence-corrected chi connectivity index (χ3v) is 4.25. The third kappa shape index (κ3) is 5.15. The SMILES string of the molecule is Cc1cc(CCCCCCCOc2ccc(-c3nnnn3C)cc2)on1. The Kier molecular flexibility index (Phi) is 6.35. The first-order chi connectivity index (χ1) is 12.7. The van der Waals surface area contributed by atoms with Crippen molar-refractivity contribution in [2.45, 2.75) is 45.4 Å². The van der Waals surface area contributed by atoms with Crippen LogP contribution in [0.15, 0.2) is 34.9 Å². The lowest BCUT2D eigenvalue weighted by Crippen LogP contribution is -1.98. The second-order valence-corrected chi connectivity index (χ2v) is 6.45. The van der Waals surface area contributed by atoms with Gasteiger partial charge in [0, 0.05) is 25.1 Å². The molecule has 0 N–H and O–H groups in total. The van der Waals surface area contributed by atoms with E-state index in [0.717, 1.165) is 54.5 Å². The van der Waals surface area contributed by atoms with Crippen LogP contribution in [0.2, 0.25) is 0 Å². The maximum Gasteiger partial charge on any atom is 0.181 e. The van der Waals surface area contributed by atoms with Crippen LogP contribution in [0.25, 0.3) is 11.4 Å². The zero-order chi connectivity index (χ0) is 18.2. The zero-order valence-corrected chi connectivity index (χ0v) is 15.4. The minimum atomic E-state index is 0.742. The number of aromatic nitrogens is 5. The van der Waals surface area contributed by atoms with Crippen LogP contribution in [-0.4, -0.2) is 32.0 Å². The highest BCUT2D eigenvalue weighted by Crippen LogP contribution is 2.19. The van der Waals surface area contributed by atoms with E-state index in [9.17, 15) is 0 Å². The van der Waals surface area contributed by atoms with Crippen molar-refractivity contribution in [3.05, 3.63) is 41.8 Å². The molecule has 0 aliphatic heterocycles. The van der Waals surface area contributed by atoms with Gasteiger partial charge in [-0.15, -0.1) is 5.10 Å². The smallest absolute Gasteiger partial charge is 0.181 e. The Balaban J connectivity index is 1.27. The Labute approximate surface area is 153 Å². The lowest BCUT2D eigenvalue weighted by Gasteiger charge is -2.07. The zero-order valence-electron chi connectivity index (χ0n) is 15.4. The number of benzene rings is 1. The van der Waals surface area contributed by atoms with E-state index in [1.807, 2.05) is 44.3 Å². The molecular formula is C19H25N5O2. The van der Waals surface area contributed by atoms with Crippen LogP contribution in [0.4, 0.5) is 0 Å². The molecule has 7 nitrogen and oxygen atoms in total. The molecule has 0 fully saturated rings. The number of ether oxygens (including phenoxy) is 1. The van der Waals surface area contributed by atoms with Crippen molar-refractivity contribution in [1.29, 1.82) is 0 Å². The molecule has 0 spiro atoms. The van der Waals surface area contributed by atoms with Gasteiger partial charge in [0.25, 0.3) is 0 Å². The van der Waals surface area contributed by atoms with Crippen LogP contribution in [0, 0.1) is 6.92 Å². The lowest BCUT2D eigenvalue weighted by atomic mass is 10.1. The quantitative estimate of drug-likeness (QED) is 0.515. The average molecular weight is 355 g/mol. The fourth-order valence-corrected chi connectivity index (χ4v) is 2.83. The number of rotatable bonds is 10. The number of unbranched alkanes of at least 4 members (excludes halogenated alkanes) is 4. The molecule has 0 aliphatic carbocycles. The first-order valence-corrected chi connectivity index (χ1v) is 9.10. The van der Waals surface area contributed by atoms with Crippen molar-refractivity contribution in [2.24, 2.45) is 7.05 Å². The van der Waals surface area contributed by atoms with Gasteiger partial charge in [0.05, 0.1) is 12.3 Å². The van der Waals surface area contributed by atoms with Gasteiger partial charge in [0.15, 0.2) is 5.82 Å². The molecule has 3 rings (SSSR count). The number of hydrogen-bond donors (Lipinski definition) is 0. The lowest BCUT2D eigenvalue weighted by molar-refractivity contribution is 0.304. The van der Waals surface area contributed by atoms with Gasteiger partial charge in [-0.1, -0.05) is 24.4 Å². The molecule has 3 aromatic rings. The van der Waals surface area contributed by atoms with Crippen LogP contribution in [0.3, 0.4) is 0 Å². The largest absolute Gasteiger partial charge is 0.494 e. The third-order valence-electron chi connectivity index (χ3n) is 4.25. The van der Waals surface area contributed by atoms with Gasteiger partial charge in [-0.25, -0.2) is 4.68 Å². The van der Waals surface area contributed by atoms with E-state index in [4.69, 9.17) is 9.26 Å². The average Bonchev–Trinajstić information content (AvgIpc) is 3.26. The Morgan fingerprint density at radius 2 is 1.81 bits per heavy atom. The molecule has 1 aromatic carbocycles. The molecule has 7 heteroatoms. The summed E-state index contributed by atoms with van der Waals surface area (Å²) in [5, 5.41) is 15.4. The van der Waals surface area contributed by atoms with Gasteiger partial charge >= 0.3 is 0 Å².